The molecule has 0 bridgehead atoms. The van der Waals surface area contributed by atoms with Gasteiger partial charge in [-0.2, -0.15) is 0 Å². The molecule has 1 saturated heterocycles. The Labute approximate surface area is 126 Å². The van der Waals surface area contributed by atoms with Crippen molar-refractivity contribution in [2.24, 2.45) is 5.92 Å². The van der Waals surface area contributed by atoms with Crippen molar-refractivity contribution in [1.82, 2.24) is 10.2 Å². The molecule has 2 aliphatic rings. The van der Waals surface area contributed by atoms with E-state index in [4.69, 9.17) is 0 Å². The zero-order valence-electron chi connectivity index (χ0n) is 14.3. The fraction of sp³-hybridized carbons (Fsp3) is 1.00. The zero-order chi connectivity index (χ0) is 14.6. The van der Waals surface area contributed by atoms with Gasteiger partial charge in [0, 0.05) is 30.7 Å². The number of nitrogens with one attached hydrogen (secondary N) is 1. The highest BCUT2D eigenvalue weighted by molar-refractivity contribution is 5.01. The van der Waals surface area contributed by atoms with Gasteiger partial charge in [0.05, 0.1) is 0 Å². The summed E-state index contributed by atoms with van der Waals surface area (Å²) in [5.41, 5.74) is 0.423. The summed E-state index contributed by atoms with van der Waals surface area (Å²) >= 11 is 0. The molecule has 0 aromatic heterocycles. The van der Waals surface area contributed by atoms with E-state index in [0.717, 1.165) is 12.0 Å². The van der Waals surface area contributed by atoms with Crippen molar-refractivity contribution in [2.45, 2.75) is 96.7 Å². The van der Waals surface area contributed by atoms with E-state index in [9.17, 15) is 0 Å². The molecule has 1 aliphatic heterocycles. The fourth-order valence-corrected chi connectivity index (χ4v) is 4.39. The first-order chi connectivity index (χ1) is 9.66. The van der Waals surface area contributed by atoms with E-state index in [1.54, 1.807) is 0 Å². The highest BCUT2D eigenvalue weighted by Gasteiger charge is 2.43. The molecular formula is C18H36N2. The van der Waals surface area contributed by atoms with E-state index >= 15 is 0 Å². The Kier molecular flexibility index (Phi) is 5.92. The second kappa shape index (κ2) is 7.26. The Balaban J connectivity index is 2.13. The summed E-state index contributed by atoms with van der Waals surface area (Å²) in [6.07, 6.45) is 11.1. The molecule has 1 heterocycles. The Bertz CT molecular complexity index is 279. The van der Waals surface area contributed by atoms with Gasteiger partial charge in [0.1, 0.15) is 0 Å². The van der Waals surface area contributed by atoms with Crippen molar-refractivity contribution in [2.75, 3.05) is 13.1 Å². The predicted molar refractivity (Wildman–Crippen MR) is 88.1 cm³/mol. The smallest absolute Gasteiger partial charge is 0.0332 e. The van der Waals surface area contributed by atoms with E-state index in [-0.39, 0.29) is 0 Å². The van der Waals surface area contributed by atoms with E-state index in [1.807, 2.05) is 0 Å². The molecule has 0 radical (unpaired) electrons. The average molecular weight is 280 g/mol. The Morgan fingerprint density at radius 2 is 1.75 bits per heavy atom. The Morgan fingerprint density at radius 3 is 2.30 bits per heavy atom. The van der Waals surface area contributed by atoms with Crippen LogP contribution in [0, 0.1) is 5.92 Å². The third kappa shape index (κ3) is 3.22. The van der Waals surface area contributed by atoms with E-state index < -0.39 is 0 Å². The summed E-state index contributed by atoms with van der Waals surface area (Å²) in [5, 5.41) is 3.89. The standard InChI is InChI=1S/C18H36N2/c1-5-15(4)17-13-20(16-11-9-8-10-12-16)18(6-2,7-3)14-19-17/h15-17,19H,5-14H2,1-4H3. The molecule has 2 atom stereocenters. The third-order valence-corrected chi connectivity index (χ3v) is 6.36. The molecule has 20 heavy (non-hydrogen) atoms. The topological polar surface area (TPSA) is 15.3 Å². The first-order valence-electron chi connectivity index (χ1n) is 9.17. The van der Waals surface area contributed by atoms with Crippen LogP contribution in [0.15, 0.2) is 0 Å². The number of nitrogens with zero attached hydrogens (tertiary/aromatic N) is 1. The summed E-state index contributed by atoms with van der Waals surface area (Å²) in [4.78, 5) is 2.94. The maximum atomic E-state index is 3.89. The molecule has 2 nitrogen and oxygen atoms in total. The number of piperazine rings is 1. The van der Waals surface area contributed by atoms with Crippen LogP contribution in [-0.2, 0) is 0 Å². The van der Waals surface area contributed by atoms with Crippen LogP contribution in [0.2, 0.25) is 0 Å². The van der Waals surface area contributed by atoms with Crippen molar-refractivity contribution >= 4 is 0 Å². The van der Waals surface area contributed by atoms with Gasteiger partial charge in [0.25, 0.3) is 0 Å². The van der Waals surface area contributed by atoms with Gasteiger partial charge in [-0.25, -0.2) is 0 Å². The van der Waals surface area contributed by atoms with Gasteiger partial charge < -0.3 is 5.32 Å². The van der Waals surface area contributed by atoms with Gasteiger partial charge in [-0.1, -0.05) is 53.4 Å². The molecule has 2 unspecified atom stereocenters. The zero-order valence-corrected chi connectivity index (χ0v) is 14.3. The summed E-state index contributed by atoms with van der Waals surface area (Å²) in [5.74, 6) is 0.799. The third-order valence-electron chi connectivity index (χ3n) is 6.36. The molecule has 0 amide bonds. The highest BCUT2D eigenvalue weighted by atomic mass is 15.3. The molecule has 2 fully saturated rings. The summed E-state index contributed by atoms with van der Waals surface area (Å²) in [6.45, 7) is 12.0. The minimum absolute atomic E-state index is 0.423. The summed E-state index contributed by atoms with van der Waals surface area (Å²) in [6, 6.07) is 1.56. The maximum absolute atomic E-state index is 3.89. The van der Waals surface area contributed by atoms with Gasteiger partial charge in [-0.15, -0.1) is 0 Å². The lowest BCUT2D eigenvalue weighted by Crippen LogP contribution is -2.68. The molecule has 1 saturated carbocycles. The van der Waals surface area contributed by atoms with Crippen LogP contribution in [0.25, 0.3) is 0 Å². The second-order valence-corrected chi connectivity index (χ2v) is 7.25. The molecule has 0 aromatic rings. The van der Waals surface area contributed by atoms with E-state index in [0.29, 0.717) is 11.6 Å². The average Bonchev–Trinajstić information content (AvgIpc) is 2.54. The van der Waals surface area contributed by atoms with Crippen molar-refractivity contribution in [3.8, 4) is 0 Å². The molecule has 0 aromatic carbocycles. The lowest BCUT2D eigenvalue weighted by Gasteiger charge is -2.54. The van der Waals surface area contributed by atoms with Crippen molar-refractivity contribution < 1.29 is 0 Å². The van der Waals surface area contributed by atoms with Crippen LogP contribution < -0.4 is 5.32 Å². The molecule has 118 valence electrons. The normalized spacial score (nSPS) is 30.3. The number of hydrogen-bond donors (Lipinski definition) is 1. The first kappa shape index (κ1) is 16.3. The van der Waals surface area contributed by atoms with Crippen LogP contribution >= 0.6 is 0 Å². The molecular weight excluding hydrogens is 244 g/mol. The van der Waals surface area contributed by atoms with Crippen LogP contribution in [0.4, 0.5) is 0 Å². The van der Waals surface area contributed by atoms with Gasteiger partial charge in [0.2, 0.25) is 0 Å². The van der Waals surface area contributed by atoms with Gasteiger partial charge in [-0.3, -0.25) is 4.90 Å². The van der Waals surface area contributed by atoms with Crippen LogP contribution in [-0.4, -0.2) is 35.6 Å². The van der Waals surface area contributed by atoms with E-state index in [2.05, 4.69) is 37.9 Å². The lowest BCUT2D eigenvalue weighted by atomic mass is 9.81. The Morgan fingerprint density at radius 1 is 1.10 bits per heavy atom. The summed E-state index contributed by atoms with van der Waals surface area (Å²) < 4.78 is 0. The van der Waals surface area contributed by atoms with Crippen molar-refractivity contribution in [3.05, 3.63) is 0 Å². The predicted octanol–water partition coefficient (Wildman–Crippen LogP) is 4.20. The van der Waals surface area contributed by atoms with Gasteiger partial charge >= 0.3 is 0 Å². The quantitative estimate of drug-likeness (QED) is 0.812. The number of hydrogen-bond acceptors (Lipinski definition) is 2. The monoisotopic (exact) mass is 280 g/mol. The minimum Gasteiger partial charge on any atom is -0.311 e. The maximum Gasteiger partial charge on any atom is 0.0332 e. The second-order valence-electron chi connectivity index (χ2n) is 7.25. The van der Waals surface area contributed by atoms with Gasteiger partial charge in [-0.05, 0) is 31.6 Å². The lowest BCUT2D eigenvalue weighted by molar-refractivity contribution is -0.0247. The fourth-order valence-electron chi connectivity index (χ4n) is 4.39. The van der Waals surface area contributed by atoms with E-state index in [1.165, 1.54) is 64.5 Å². The largest absolute Gasteiger partial charge is 0.311 e. The number of rotatable bonds is 5. The molecule has 0 spiro atoms. The first-order valence-corrected chi connectivity index (χ1v) is 9.17. The van der Waals surface area contributed by atoms with Crippen molar-refractivity contribution in [1.29, 1.82) is 0 Å². The van der Waals surface area contributed by atoms with Crippen LogP contribution in [0.1, 0.15) is 79.1 Å². The molecule has 1 N–H and O–H groups in total. The SMILES string of the molecule is CCC(C)C1CN(C2CCCCC2)C(CC)(CC)CN1. The molecule has 2 heteroatoms. The van der Waals surface area contributed by atoms with Gasteiger partial charge in [0.15, 0.2) is 0 Å². The minimum atomic E-state index is 0.423. The molecule has 1 aliphatic carbocycles. The molecule has 2 rings (SSSR count). The van der Waals surface area contributed by atoms with Crippen LogP contribution in [0.5, 0.6) is 0 Å². The highest BCUT2D eigenvalue weighted by Crippen LogP contribution is 2.35. The van der Waals surface area contributed by atoms with Crippen LogP contribution in [0.3, 0.4) is 0 Å². The Hall–Kier alpha value is -0.0800. The van der Waals surface area contributed by atoms with Crippen molar-refractivity contribution in [3.63, 3.8) is 0 Å². The summed E-state index contributed by atoms with van der Waals surface area (Å²) in [7, 11) is 0.